The molecule has 3 rings (SSSR count). The first-order valence-electron chi connectivity index (χ1n) is 8.96. The lowest BCUT2D eigenvalue weighted by atomic mass is 10.0. The Morgan fingerprint density at radius 1 is 1.10 bits per heavy atom. The van der Waals surface area contributed by atoms with Gasteiger partial charge in [0.05, 0.1) is 19.6 Å². The standard InChI is InChI=1S/C22H18BrCl2NO3/c1-2-29-21(27)10-14-9-19(15-3-6-17(23)7-4-15)22(28)26(12-14)13-16-5-8-18(24)11-20(16)25/h3-9,11-12H,2,10,13H2,1H3. The third-order valence-corrected chi connectivity index (χ3v) is 5.42. The number of pyridine rings is 1. The molecule has 1 aromatic heterocycles. The molecular formula is C22H18BrCl2NO3. The number of nitrogens with zero attached hydrogens (tertiary/aromatic N) is 1. The molecule has 0 fully saturated rings. The number of rotatable bonds is 6. The highest BCUT2D eigenvalue weighted by Crippen LogP contribution is 2.23. The molecule has 0 atom stereocenters. The van der Waals surface area contributed by atoms with Crippen LogP contribution in [-0.2, 0) is 22.5 Å². The Bertz CT molecular complexity index is 1090. The first kappa shape index (κ1) is 21.6. The van der Waals surface area contributed by atoms with Gasteiger partial charge in [-0.1, -0.05) is 57.3 Å². The third-order valence-electron chi connectivity index (χ3n) is 4.31. The van der Waals surface area contributed by atoms with E-state index in [1.165, 1.54) is 0 Å². The van der Waals surface area contributed by atoms with E-state index in [0.717, 1.165) is 15.6 Å². The molecule has 0 amide bonds. The Morgan fingerprint density at radius 2 is 1.83 bits per heavy atom. The number of aromatic nitrogens is 1. The van der Waals surface area contributed by atoms with Crippen LogP contribution >= 0.6 is 39.1 Å². The Hall–Kier alpha value is -2.08. The predicted molar refractivity (Wildman–Crippen MR) is 120 cm³/mol. The maximum absolute atomic E-state index is 13.2. The lowest BCUT2D eigenvalue weighted by molar-refractivity contribution is -0.142. The highest BCUT2D eigenvalue weighted by Gasteiger charge is 2.13. The molecule has 150 valence electrons. The second kappa shape index (κ2) is 9.61. The van der Waals surface area contributed by atoms with Gasteiger partial charge >= 0.3 is 5.97 Å². The van der Waals surface area contributed by atoms with Crippen LogP contribution in [0.2, 0.25) is 10.0 Å². The minimum atomic E-state index is -0.344. The number of benzene rings is 2. The summed E-state index contributed by atoms with van der Waals surface area (Å²) < 4.78 is 7.53. The van der Waals surface area contributed by atoms with Crippen LogP contribution in [0.25, 0.3) is 11.1 Å². The average molecular weight is 495 g/mol. The average Bonchev–Trinajstić information content (AvgIpc) is 2.67. The van der Waals surface area contributed by atoms with Gasteiger partial charge in [0.1, 0.15) is 0 Å². The molecular weight excluding hydrogens is 477 g/mol. The van der Waals surface area contributed by atoms with Crippen LogP contribution in [0.5, 0.6) is 0 Å². The van der Waals surface area contributed by atoms with E-state index in [-0.39, 0.29) is 24.5 Å². The fourth-order valence-electron chi connectivity index (χ4n) is 2.96. The maximum Gasteiger partial charge on any atom is 0.310 e. The van der Waals surface area contributed by atoms with Crippen molar-refractivity contribution in [3.05, 3.63) is 90.7 Å². The Morgan fingerprint density at radius 3 is 2.48 bits per heavy atom. The van der Waals surface area contributed by atoms with E-state index >= 15 is 0 Å². The Kier molecular flexibility index (Phi) is 7.17. The van der Waals surface area contributed by atoms with Crippen molar-refractivity contribution in [1.29, 1.82) is 0 Å². The number of hydrogen-bond acceptors (Lipinski definition) is 3. The molecule has 2 aromatic carbocycles. The molecule has 4 nitrogen and oxygen atoms in total. The van der Waals surface area contributed by atoms with Gasteiger partial charge in [-0.15, -0.1) is 0 Å². The molecule has 0 radical (unpaired) electrons. The molecule has 1 heterocycles. The van der Waals surface area contributed by atoms with E-state index in [2.05, 4.69) is 15.9 Å². The molecule has 3 aromatic rings. The number of carbonyl (C=O) groups excluding carboxylic acids is 1. The molecule has 0 N–H and O–H groups in total. The second-order valence-corrected chi connectivity index (χ2v) is 8.18. The van der Waals surface area contributed by atoms with Crippen molar-refractivity contribution >= 4 is 45.1 Å². The van der Waals surface area contributed by atoms with Crippen LogP contribution in [0.15, 0.2) is 64.0 Å². The fourth-order valence-corrected chi connectivity index (χ4v) is 3.69. The van der Waals surface area contributed by atoms with Crippen molar-refractivity contribution in [2.24, 2.45) is 0 Å². The van der Waals surface area contributed by atoms with Gasteiger partial charge in [-0.3, -0.25) is 9.59 Å². The number of esters is 1. The molecule has 0 bridgehead atoms. The monoisotopic (exact) mass is 493 g/mol. The van der Waals surface area contributed by atoms with Crippen LogP contribution in [0.3, 0.4) is 0 Å². The summed E-state index contributed by atoms with van der Waals surface area (Å²) in [7, 11) is 0. The van der Waals surface area contributed by atoms with Crippen molar-refractivity contribution in [2.45, 2.75) is 19.9 Å². The molecule has 0 aliphatic rings. The predicted octanol–water partition coefficient (Wildman–Crippen LogP) is 5.74. The van der Waals surface area contributed by atoms with E-state index in [1.807, 2.05) is 24.3 Å². The van der Waals surface area contributed by atoms with Crippen molar-refractivity contribution in [2.75, 3.05) is 6.61 Å². The minimum absolute atomic E-state index is 0.0754. The Balaban J connectivity index is 2.07. The van der Waals surface area contributed by atoms with Crippen LogP contribution in [0, 0.1) is 0 Å². The van der Waals surface area contributed by atoms with Crippen molar-refractivity contribution in [1.82, 2.24) is 4.57 Å². The number of carbonyl (C=O) groups is 1. The highest BCUT2D eigenvalue weighted by atomic mass is 79.9. The van der Waals surface area contributed by atoms with Crippen LogP contribution < -0.4 is 5.56 Å². The summed E-state index contributed by atoms with van der Waals surface area (Å²) in [5, 5.41) is 1.00. The summed E-state index contributed by atoms with van der Waals surface area (Å²) in [6.07, 6.45) is 1.75. The van der Waals surface area contributed by atoms with Gasteiger partial charge < -0.3 is 9.30 Å². The topological polar surface area (TPSA) is 48.3 Å². The van der Waals surface area contributed by atoms with Gasteiger partial charge in [-0.2, -0.15) is 0 Å². The van der Waals surface area contributed by atoms with Crippen molar-refractivity contribution < 1.29 is 9.53 Å². The first-order valence-corrected chi connectivity index (χ1v) is 10.5. The van der Waals surface area contributed by atoms with E-state index < -0.39 is 0 Å². The highest BCUT2D eigenvalue weighted by molar-refractivity contribution is 9.10. The summed E-state index contributed by atoms with van der Waals surface area (Å²) >= 11 is 15.7. The molecule has 0 aliphatic carbocycles. The van der Waals surface area contributed by atoms with Gasteiger partial charge in [0.2, 0.25) is 0 Å². The summed E-state index contributed by atoms with van der Waals surface area (Å²) in [6.45, 7) is 2.32. The van der Waals surface area contributed by atoms with E-state index in [0.29, 0.717) is 27.8 Å². The summed E-state index contributed by atoms with van der Waals surface area (Å²) in [5.74, 6) is -0.344. The summed E-state index contributed by atoms with van der Waals surface area (Å²) in [5.41, 5.74) is 2.54. The smallest absolute Gasteiger partial charge is 0.310 e. The molecule has 0 unspecified atom stereocenters. The molecule has 29 heavy (non-hydrogen) atoms. The number of halogens is 3. The molecule has 0 saturated heterocycles. The second-order valence-electron chi connectivity index (χ2n) is 6.42. The molecule has 0 aliphatic heterocycles. The maximum atomic E-state index is 13.2. The lowest BCUT2D eigenvalue weighted by Crippen LogP contribution is -2.23. The zero-order valence-electron chi connectivity index (χ0n) is 15.6. The molecule has 7 heteroatoms. The van der Waals surface area contributed by atoms with Crippen molar-refractivity contribution in [3.8, 4) is 11.1 Å². The van der Waals surface area contributed by atoms with Crippen molar-refractivity contribution in [3.63, 3.8) is 0 Å². The SMILES string of the molecule is CCOC(=O)Cc1cc(-c2ccc(Br)cc2)c(=O)n(Cc2ccc(Cl)cc2Cl)c1. The quantitative estimate of drug-likeness (QED) is 0.410. The summed E-state index contributed by atoms with van der Waals surface area (Å²) in [6, 6.07) is 14.3. The first-order chi connectivity index (χ1) is 13.9. The lowest BCUT2D eigenvalue weighted by Gasteiger charge is -2.13. The van der Waals surface area contributed by atoms with Crippen LogP contribution in [0.1, 0.15) is 18.1 Å². The van der Waals surface area contributed by atoms with E-state index in [4.69, 9.17) is 27.9 Å². The van der Waals surface area contributed by atoms with Gasteiger partial charge in [0, 0.05) is 26.3 Å². The van der Waals surface area contributed by atoms with Gasteiger partial charge in [0.25, 0.3) is 5.56 Å². The zero-order chi connectivity index (χ0) is 21.0. The van der Waals surface area contributed by atoms with Gasteiger partial charge in [-0.25, -0.2) is 0 Å². The summed E-state index contributed by atoms with van der Waals surface area (Å²) in [4.78, 5) is 25.2. The van der Waals surface area contributed by atoms with Gasteiger partial charge in [0.15, 0.2) is 0 Å². The van der Waals surface area contributed by atoms with Crippen LogP contribution in [-0.4, -0.2) is 17.1 Å². The van der Waals surface area contributed by atoms with E-state index in [1.54, 1.807) is 42.0 Å². The zero-order valence-corrected chi connectivity index (χ0v) is 18.7. The van der Waals surface area contributed by atoms with Crippen LogP contribution in [0.4, 0.5) is 0 Å². The number of ether oxygens (including phenoxy) is 1. The normalized spacial score (nSPS) is 10.8. The van der Waals surface area contributed by atoms with E-state index in [9.17, 15) is 9.59 Å². The third kappa shape index (κ3) is 5.50. The molecule has 0 spiro atoms. The van der Waals surface area contributed by atoms with Gasteiger partial charge in [-0.05, 0) is 53.9 Å². The molecule has 0 saturated carbocycles. The number of hydrogen-bond donors (Lipinski definition) is 0. The largest absolute Gasteiger partial charge is 0.466 e. The fraction of sp³-hybridized carbons (Fsp3) is 0.182. The Labute approximate surface area is 187 Å². The minimum Gasteiger partial charge on any atom is -0.466 e.